The monoisotopic (exact) mass is 252 g/mol. The quantitative estimate of drug-likeness (QED) is 0.739. The van der Waals surface area contributed by atoms with E-state index in [1.165, 1.54) is 6.92 Å². The van der Waals surface area contributed by atoms with E-state index in [2.05, 4.69) is 10.3 Å². The van der Waals surface area contributed by atoms with Crippen LogP contribution in [-0.2, 0) is 22.7 Å². The summed E-state index contributed by atoms with van der Waals surface area (Å²) in [5.41, 5.74) is 0. The summed E-state index contributed by atoms with van der Waals surface area (Å²) in [7, 11) is 0. The summed E-state index contributed by atoms with van der Waals surface area (Å²) in [5, 5.41) is 11.5. The molecule has 7 heteroatoms. The Hall–Kier alpha value is -1.89. The summed E-state index contributed by atoms with van der Waals surface area (Å²) in [6.45, 7) is 3.77. The minimum atomic E-state index is -1.01. The van der Waals surface area contributed by atoms with Crippen molar-refractivity contribution >= 4 is 11.9 Å². The molecule has 1 aliphatic rings. The van der Waals surface area contributed by atoms with Crippen LogP contribution in [0.2, 0.25) is 0 Å². The number of carbonyl (C=O) groups excluding carboxylic acids is 1. The first-order valence-electron chi connectivity index (χ1n) is 5.78. The van der Waals surface area contributed by atoms with Gasteiger partial charge in [0.2, 0.25) is 5.91 Å². The molecular formula is C11H16N4O3. The maximum Gasteiger partial charge on any atom is 0.327 e. The second-order valence-electron chi connectivity index (χ2n) is 4.36. The average Bonchev–Trinajstić information content (AvgIpc) is 2.74. The van der Waals surface area contributed by atoms with Gasteiger partial charge in [0.05, 0.1) is 6.54 Å². The normalized spacial score (nSPS) is 16.9. The van der Waals surface area contributed by atoms with Crippen LogP contribution in [0.1, 0.15) is 12.7 Å². The molecule has 0 aliphatic carbocycles. The zero-order valence-corrected chi connectivity index (χ0v) is 10.2. The predicted octanol–water partition coefficient (Wildman–Crippen LogP) is -0.712. The Balaban J connectivity index is 1.97. The van der Waals surface area contributed by atoms with Crippen LogP contribution in [0.4, 0.5) is 0 Å². The lowest BCUT2D eigenvalue weighted by atomic mass is 10.2. The summed E-state index contributed by atoms with van der Waals surface area (Å²) in [5.74, 6) is -0.423. The number of aliphatic carboxylic acids is 1. The first kappa shape index (κ1) is 12.6. The third-order valence-corrected chi connectivity index (χ3v) is 2.94. The number of carbonyl (C=O) groups is 2. The second kappa shape index (κ2) is 5.18. The molecule has 2 rings (SSSR count). The number of imidazole rings is 1. The summed E-state index contributed by atoms with van der Waals surface area (Å²) in [6, 6.07) is -0.871. The molecule has 1 unspecified atom stereocenters. The average molecular weight is 252 g/mol. The van der Waals surface area contributed by atoms with Gasteiger partial charge < -0.3 is 15.0 Å². The molecule has 1 aliphatic heterocycles. The van der Waals surface area contributed by atoms with Crippen molar-refractivity contribution in [2.75, 3.05) is 13.1 Å². The van der Waals surface area contributed by atoms with Crippen LogP contribution in [-0.4, -0.2) is 50.6 Å². The molecule has 0 fully saturated rings. The summed E-state index contributed by atoms with van der Waals surface area (Å²) >= 11 is 0. The van der Waals surface area contributed by atoms with E-state index in [-0.39, 0.29) is 5.91 Å². The molecule has 2 N–H and O–H groups in total. The van der Waals surface area contributed by atoms with Gasteiger partial charge in [-0.25, -0.2) is 9.78 Å². The molecule has 98 valence electrons. The van der Waals surface area contributed by atoms with E-state index in [9.17, 15) is 9.59 Å². The van der Waals surface area contributed by atoms with Crippen LogP contribution in [0.5, 0.6) is 0 Å². The van der Waals surface area contributed by atoms with E-state index >= 15 is 0 Å². The molecule has 2 heterocycles. The lowest BCUT2D eigenvalue weighted by Gasteiger charge is -2.29. The van der Waals surface area contributed by atoms with Crippen LogP contribution in [0.15, 0.2) is 12.4 Å². The molecular weight excluding hydrogens is 236 g/mol. The van der Waals surface area contributed by atoms with E-state index < -0.39 is 12.0 Å². The van der Waals surface area contributed by atoms with Crippen LogP contribution < -0.4 is 5.32 Å². The number of carboxylic acids is 1. The molecule has 7 nitrogen and oxygen atoms in total. The number of fused-ring (bicyclic) bond motifs is 1. The summed E-state index contributed by atoms with van der Waals surface area (Å²) in [6.07, 6.45) is 3.65. The van der Waals surface area contributed by atoms with Crippen molar-refractivity contribution < 1.29 is 14.7 Å². The maximum absolute atomic E-state index is 11.0. The molecule has 1 amide bonds. The molecule has 0 radical (unpaired) electrons. The van der Waals surface area contributed by atoms with Crippen LogP contribution in [0.25, 0.3) is 0 Å². The first-order valence-corrected chi connectivity index (χ1v) is 5.78. The molecule has 1 atom stereocenters. The molecule has 0 saturated carbocycles. The lowest BCUT2D eigenvalue weighted by molar-refractivity contribution is -0.142. The molecule has 0 bridgehead atoms. The fraction of sp³-hybridized carbons (Fsp3) is 0.545. The van der Waals surface area contributed by atoms with Gasteiger partial charge in [-0.3, -0.25) is 9.69 Å². The number of nitrogens with one attached hydrogen (secondary N) is 1. The Morgan fingerprint density at radius 3 is 3.00 bits per heavy atom. The Bertz CT molecular complexity index is 457. The van der Waals surface area contributed by atoms with E-state index in [4.69, 9.17) is 5.11 Å². The van der Waals surface area contributed by atoms with Crippen molar-refractivity contribution in [3.05, 3.63) is 18.2 Å². The fourth-order valence-electron chi connectivity index (χ4n) is 2.07. The number of carboxylic acid groups (broad SMARTS) is 1. The van der Waals surface area contributed by atoms with E-state index in [1.807, 2.05) is 15.7 Å². The Morgan fingerprint density at radius 1 is 1.56 bits per heavy atom. The fourth-order valence-corrected chi connectivity index (χ4v) is 2.07. The molecule has 0 saturated heterocycles. The number of hydrogen-bond acceptors (Lipinski definition) is 4. The number of hydrogen-bond donors (Lipinski definition) is 2. The van der Waals surface area contributed by atoms with Crippen molar-refractivity contribution in [2.45, 2.75) is 26.1 Å². The van der Waals surface area contributed by atoms with Gasteiger partial charge in [-0.2, -0.15) is 0 Å². The Morgan fingerprint density at radius 2 is 2.33 bits per heavy atom. The van der Waals surface area contributed by atoms with Crippen molar-refractivity contribution in [2.24, 2.45) is 0 Å². The molecule has 0 aromatic carbocycles. The summed E-state index contributed by atoms with van der Waals surface area (Å²) in [4.78, 5) is 28.2. The topological polar surface area (TPSA) is 87.5 Å². The largest absolute Gasteiger partial charge is 0.480 e. The molecule has 1 aromatic heterocycles. The van der Waals surface area contributed by atoms with Crippen LogP contribution >= 0.6 is 0 Å². The van der Waals surface area contributed by atoms with E-state index in [1.54, 1.807) is 6.20 Å². The molecule has 18 heavy (non-hydrogen) atoms. The van der Waals surface area contributed by atoms with Gasteiger partial charge in [0, 0.05) is 39.0 Å². The summed E-state index contributed by atoms with van der Waals surface area (Å²) < 4.78 is 2.05. The first-order chi connectivity index (χ1) is 8.56. The highest BCUT2D eigenvalue weighted by molar-refractivity contribution is 5.82. The van der Waals surface area contributed by atoms with E-state index in [0.29, 0.717) is 13.1 Å². The highest BCUT2D eigenvalue weighted by Gasteiger charge is 2.24. The van der Waals surface area contributed by atoms with Crippen molar-refractivity contribution in [3.63, 3.8) is 0 Å². The van der Waals surface area contributed by atoms with Gasteiger partial charge in [-0.1, -0.05) is 0 Å². The van der Waals surface area contributed by atoms with Gasteiger partial charge in [0.15, 0.2) is 0 Å². The Kier molecular flexibility index (Phi) is 3.61. The lowest BCUT2D eigenvalue weighted by Crippen LogP contribution is -2.49. The molecule has 0 spiro atoms. The van der Waals surface area contributed by atoms with Gasteiger partial charge in [0.1, 0.15) is 11.9 Å². The van der Waals surface area contributed by atoms with Crippen LogP contribution in [0.3, 0.4) is 0 Å². The third kappa shape index (κ3) is 2.86. The van der Waals surface area contributed by atoms with Crippen molar-refractivity contribution in [3.8, 4) is 0 Å². The Labute approximate surface area is 104 Å². The number of nitrogens with zero attached hydrogens (tertiary/aromatic N) is 3. The zero-order valence-electron chi connectivity index (χ0n) is 10.2. The minimum absolute atomic E-state index is 0.293. The number of rotatable bonds is 4. The predicted molar refractivity (Wildman–Crippen MR) is 62.7 cm³/mol. The SMILES string of the molecule is CC(=O)NC(CN1CCn2ccnc2C1)C(=O)O. The van der Waals surface area contributed by atoms with Crippen LogP contribution in [0, 0.1) is 0 Å². The van der Waals surface area contributed by atoms with E-state index in [0.717, 1.165) is 18.9 Å². The van der Waals surface area contributed by atoms with Gasteiger partial charge >= 0.3 is 5.97 Å². The zero-order chi connectivity index (χ0) is 13.1. The van der Waals surface area contributed by atoms with Gasteiger partial charge in [-0.15, -0.1) is 0 Å². The highest BCUT2D eigenvalue weighted by Crippen LogP contribution is 2.10. The number of amides is 1. The minimum Gasteiger partial charge on any atom is -0.480 e. The highest BCUT2D eigenvalue weighted by atomic mass is 16.4. The van der Waals surface area contributed by atoms with Crippen molar-refractivity contribution in [1.29, 1.82) is 0 Å². The van der Waals surface area contributed by atoms with Crippen molar-refractivity contribution in [1.82, 2.24) is 19.8 Å². The standard InChI is InChI=1S/C11H16N4O3/c1-8(16)13-9(11(17)18)6-14-4-5-15-3-2-12-10(15)7-14/h2-3,9H,4-7H2,1H3,(H,13,16)(H,17,18). The smallest absolute Gasteiger partial charge is 0.327 e. The maximum atomic E-state index is 11.0. The van der Waals surface area contributed by atoms with Gasteiger partial charge in [-0.05, 0) is 0 Å². The molecule has 1 aromatic rings. The number of aromatic nitrogens is 2. The second-order valence-corrected chi connectivity index (χ2v) is 4.36. The third-order valence-electron chi connectivity index (χ3n) is 2.94. The van der Waals surface area contributed by atoms with Gasteiger partial charge in [0.25, 0.3) is 0 Å².